The third-order valence-electron chi connectivity index (χ3n) is 3.89. The van der Waals surface area contributed by atoms with Gasteiger partial charge in [0.05, 0.1) is 0 Å². The van der Waals surface area contributed by atoms with E-state index in [2.05, 4.69) is 10.1 Å². The van der Waals surface area contributed by atoms with Crippen molar-refractivity contribution in [1.29, 1.82) is 0 Å². The molecule has 0 bridgehead atoms. The molecule has 0 unspecified atom stereocenters. The lowest BCUT2D eigenvalue weighted by Gasteiger charge is -2.17. The predicted molar refractivity (Wildman–Crippen MR) is 80.2 cm³/mol. The van der Waals surface area contributed by atoms with Crippen LogP contribution in [0.2, 0.25) is 0 Å². The molecule has 1 aromatic carbocycles. The summed E-state index contributed by atoms with van der Waals surface area (Å²) in [5, 5.41) is 4.06. The van der Waals surface area contributed by atoms with Crippen molar-refractivity contribution in [1.82, 2.24) is 10.1 Å². The zero-order valence-electron chi connectivity index (χ0n) is 12.3. The van der Waals surface area contributed by atoms with Crippen LogP contribution >= 0.6 is 0 Å². The SMILES string of the molecule is NC(=O)COc1ccc(-c2noc(C3CCCCC3)n2)cc1. The number of rotatable bonds is 5. The number of hydrogen-bond acceptors (Lipinski definition) is 5. The minimum Gasteiger partial charge on any atom is -0.484 e. The Balaban J connectivity index is 1.68. The Morgan fingerprint density at radius 2 is 1.95 bits per heavy atom. The molecule has 22 heavy (non-hydrogen) atoms. The van der Waals surface area contributed by atoms with E-state index >= 15 is 0 Å². The molecule has 116 valence electrons. The monoisotopic (exact) mass is 301 g/mol. The molecule has 1 fully saturated rings. The van der Waals surface area contributed by atoms with E-state index < -0.39 is 5.91 Å². The van der Waals surface area contributed by atoms with Crippen molar-refractivity contribution in [2.24, 2.45) is 5.73 Å². The molecule has 0 spiro atoms. The molecule has 0 saturated heterocycles. The van der Waals surface area contributed by atoms with Crippen LogP contribution < -0.4 is 10.5 Å². The molecule has 6 heteroatoms. The molecule has 1 aromatic heterocycles. The number of nitrogens with two attached hydrogens (primary N) is 1. The lowest BCUT2D eigenvalue weighted by Crippen LogP contribution is -2.19. The zero-order chi connectivity index (χ0) is 15.4. The van der Waals surface area contributed by atoms with E-state index in [4.69, 9.17) is 15.0 Å². The number of primary amides is 1. The Labute approximate surface area is 128 Å². The number of benzene rings is 1. The van der Waals surface area contributed by atoms with Crippen molar-refractivity contribution in [2.75, 3.05) is 6.61 Å². The third kappa shape index (κ3) is 3.44. The fourth-order valence-electron chi connectivity index (χ4n) is 2.72. The molecule has 0 radical (unpaired) electrons. The van der Waals surface area contributed by atoms with Gasteiger partial charge in [-0.25, -0.2) is 0 Å². The van der Waals surface area contributed by atoms with Crippen LogP contribution in [0.3, 0.4) is 0 Å². The van der Waals surface area contributed by atoms with Gasteiger partial charge in [0.2, 0.25) is 11.7 Å². The smallest absolute Gasteiger partial charge is 0.255 e. The minimum absolute atomic E-state index is 0.132. The predicted octanol–water partition coefficient (Wildman–Crippen LogP) is 2.65. The Hall–Kier alpha value is -2.37. The summed E-state index contributed by atoms with van der Waals surface area (Å²) in [6.07, 6.45) is 6.01. The molecule has 2 aromatic rings. The Morgan fingerprint density at radius 1 is 1.23 bits per heavy atom. The molecule has 1 aliphatic carbocycles. The summed E-state index contributed by atoms with van der Waals surface area (Å²) >= 11 is 0. The normalized spacial score (nSPS) is 15.6. The standard InChI is InChI=1S/C16H19N3O3/c17-14(20)10-21-13-8-6-11(7-9-13)15-18-16(22-19-15)12-4-2-1-3-5-12/h6-9,12H,1-5,10H2,(H2,17,20). The Bertz CT molecular complexity index is 630. The van der Waals surface area contributed by atoms with Crippen LogP contribution in [-0.2, 0) is 4.79 Å². The Morgan fingerprint density at radius 3 is 2.64 bits per heavy atom. The van der Waals surface area contributed by atoms with Crippen molar-refractivity contribution in [2.45, 2.75) is 38.0 Å². The molecular weight excluding hydrogens is 282 g/mol. The van der Waals surface area contributed by atoms with E-state index in [1.54, 1.807) is 12.1 Å². The van der Waals surface area contributed by atoms with Gasteiger partial charge < -0.3 is 15.0 Å². The van der Waals surface area contributed by atoms with E-state index in [0.29, 0.717) is 17.5 Å². The first-order chi connectivity index (χ1) is 10.7. The van der Waals surface area contributed by atoms with Gasteiger partial charge in [0.15, 0.2) is 6.61 Å². The summed E-state index contributed by atoms with van der Waals surface area (Å²) in [6.45, 7) is -0.132. The van der Waals surface area contributed by atoms with Gasteiger partial charge >= 0.3 is 0 Å². The van der Waals surface area contributed by atoms with Gasteiger partial charge in [0.25, 0.3) is 5.91 Å². The Kier molecular flexibility index (Phi) is 4.37. The quantitative estimate of drug-likeness (QED) is 0.916. The summed E-state index contributed by atoms with van der Waals surface area (Å²) in [5.74, 6) is 1.80. The van der Waals surface area contributed by atoms with Crippen LogP contribution in [0.4, 0.5) is 0 Å². The van der Waals surface area contributed by atoms with Gasteiger partial charge in [0, 0.05) is 11.5 Å². The number of carbonyl (C=O) groups is 1. The fraction of sp³-hybridized carbons (Fsp3) is 0.438. The van der Waals surface area contributed by atoms with Crippen molar-refractivity contribution < 1.29 is 14.1 Å². The van der Waals surface area contributed by atoms with Gasteiger partial charge in [-0.3, -0.25) is 4.79 Å². The number of aromatic nitrogens is 2. The molecule has 0 atom stereocenters. The van der Waals surface area contributed by atoms with Crippen molar-refractivity contribution in [3.8, 4) is 17.1 Å². The second-order valence-electron chi connectivity index (χ2n) is 5.57. The highest BCUT2D eigenvalue weighted by molar-refractivity contribution is 5.75. The van der Waals surface area contributed by atoms with Crippen molar-refractivity contribution in [3.63, 3.8) is 0 Å². The maximum Gasteiger partial charge on any atom is 0.255 e. The van der Waals surface area contributed by atoms with Crippen LogP contribution in [0, 0.1) is 0 Å². The number of hydrogen-bond donors (Lipinski definition) is 1. The molecule has 1 saturated carbocycles. The number of nitrogens with zero attached hydrogens (tertiary/aromatic N) is 2. The van der Waals surface area contributed by atoms with Gasteiger partial charge in [-0.15, -0.1) is 0 Å². The summed E-state index contributed by atoms with van der Waals surface area (Å²) in [4.78, 5) is 15.2. The maximum absolute atomic E-state index is 10.7. The maximum atomic E-state index is 10.7. The molecular formula is C16H19N3O3. The summed E-state index contributed by atoms with van der Waals surface area (Å²) in [7, 11) is 0. The van der Waals surface area contributed by atoms with E-state index in [0.717, 1.165) is 24.3 Å². The second-order valence-corrected chi connectivity index (χ2v) is 5.57. The fourth-order valence-corrected chi connectivity index (χ4v) is 2.72. The van der Waals surface area contributed by atoms with Gasteiger partial charge in [-0.1, -0.05) is 24.4 Å². The average Bonchev–Trinajstić information content (AvgIpc) is 3.04. The van der Waals surface area contributed by atoms with Crippen molar-refractivity contribution in [3.05, 3.63) is 30.2 Å². The first-order valence-electron chi connectivity index (χ1n) is 7.57. The van der Waals surface area contributed by atoms with Crippen molar-refractivity contribution >= 4 is 5.91 Å². The third-order valence-corrected chi connectivity index (χ3v) is 3.89. The highest BCUT2D eigenvalue weighted by atomic mass is 16.5. The van der Waals surface area contributed by atoms with Gasteiger partial charge in [-0.05, 0) is 37.1 Å². The first-order valence-corrected chi connectivity index (χ1v) is 7.57. The molecule has 3 rings (SSSR count). The number of carbonyl (C=O) groups excluding carboxylic acids is 1. The minimum atomic E-state index is -0.501. The van der Waals surface area contributed by atoms with Crippen LogP contribution in [0.5, 0.6) is 5.75 Å². The zero-order valence-corrected chi connectivity index (χ0v) is 12.3. The largest absolute Gasteiger partial charge is 0.484 e. The van der Waals surface area contributed by atoms with Crippen LogP contribution in [0.1, 0.15) is 43.9 Å². The van der Waals surface area contributed by atoms with E-state index in [9.17, 15) is 4.79 Å². The first kappa shape index (κ1) is 14.6. The van der Waals surface area contributed by atoms with E-state index in [-0.39, 0.29) is 6.61 Å². The second kappa shape index (κ2) is 6.60. The summed E-state index contributed by atoms with van der Waals surface area (Å²) in [6, 6.07) is 7.20. The molecule has 6 nitrogen and oxygen atoms in total. The number of ether oxygens (including phenoxy) is 1. The molecule has 1 amide bonds. The van der Waals surface area contributed by atoms with Gasteiger partial charge in [0.1, 0.15) is 5.75 Å². The molecule has 1 heterocycles. The lowest BCUT2D eigenvalue weighted by molar-refractivity contribution is -0.119. The number of amides is 1. The molecule has 2 N–H and O–H groups in total. The molecule has 0 aliphatic heterocycles. The summed E-state index contributed by atoms with van der Waals surface area (Å²) in [5.41, 5.74) is 5.90. The topological polar surface area (TPSA) is 91.2 Å². The van der Waals surface area contributed by atoms with E-state index in [1.807, 2.05) is 12.1 Å². The van der Waals surface area contributed by atoms with E-state index in [1.165, 1.54) is 19.3 Å². The molecule has 1 aliphatic rings. The average molecular weight is 301 g/mol. The van der Waals surface area contributed by atoms with Crippen LogP contribution in [0.15, 0.2) is 28.8 Å². The highest BCUT2D eigenvalue weighted by Gasteiger charge is 2.21. The van der Waals surface area contributed by atoms with Gasteiger partial charge in [-0.2, -0.15) is 4.98 Å². The summed E-state index contributed by atoms with van der Waals surface area (Å²) < 4.78 is 10.6. The highest BCUT2D eigenvalue weighted by Crippen LogP contribution is 2.32. The van der Waals surface area contributed by atoms with Crippen LogP contribution in [-0.4, -0.2) is 22.7 Å². The lowest BCUT2D eigenvalue weighted by atomic mass is 9.89. The van der Waals surface area contributed by atoms with Crippen LogP contribution in [0.25, 0.3) is 11.4 Å².